The third kappa shape index (κ3) is 2.26. The molecule has 0 amide bonds. The Kier molecular flexibility index (Phi) is 3.95. The molecular formula is C24H25N. The number of hydrogen-bond donors (Lipinski definition) is 0. The Bertz CT molecular complexity index is 919. The van der Waals surface area contributed by atoms with E-state index in [1.165, 1.54) is 33.4 Å². The highest BCUT2D eigenvalue weighted by atomic mass is 14.7. The number of hydrogen-bond acceptors (Lipinski definition) is 1. The summed E-state index contributed by atoms with van der Waals surface area (Å²) >= 11 is 0. The van der Waals surface area contributed by atoms with Crippen molar-refractivity contribution in [3.05, 3.63) is 77.5 Å². The molecule has 0 aliphatic heterocycles. The SMILES string of the molecule is CCc1ccnc(-c2cccc3c2C(CC)(CC)c2ccccc2-3)c1. The first-order chi connectivity index (χ1) is 12.2. The number of nitrogens with zero attached hydrogens (tertiary/aromatic N) is 1. The zero-order chi connectivity index (χ0) is 17.4. The molecule has 0 fully saturated rings. The minimum absolute atomic E-state index is 0.0897. The monoisotopic (exact) mass is 327 g/mol. The molecule has 0 bridgehead atoms. The van der Waals surface area contributed by atoms with Crippen LogP contribution in [0.3, 0.4) is 0 Å². The van der Waals surface area contributed by atoms with Crippen LogP contribution >= 0.6 is 0 Å². The molecule has 1 heterocycles. The van der Waals surface area contributed by atoms with E-state index in [1.807, 2.05) is 6.20 Å². The van der Waals surface area contributed by atoms with Gasteiger partial charge in [-0.3, -0.25) is 4.98 Å². The highest BCUT2D eigenvalue weighted by molar-refractivity contribution is 5.87. The van der Waals surface area contributed by atoms with Crippen LogP contribution in [0.15, 0.2) is 60.8 Å². The highest BCUT2D eigenvalue weighted by Gasteiger charge is 2.42. The molecule has 0 unspecified atom stereocenters. The summed E-state index contributed by atoms with van der Waals surface area (Å²) < 4.78 is 0. The lowest BCUT2D eigenvalue weighted by Crippen LogP contribution is -2.24. The maximum absolute atomic E-state index is 4.73. The number of aryl methyl sites for hydroxylation is 1. The molecule has 2 aromatic carbocycles. The standard InChI is InChI=1S/C24H25N/c1-4-17-14-15-25-22(16-17)20-12-9-11-19-18-10-7-8-13-21(18)24(5-2,6-3)23(19)20/h7-16H,4-6H2,1-3H3. The summed E-state index contributed by atoms with van der Waals surface area (Å²) in [5.74, 6) is 0. The van der Waals surface area contributed by atoms with E-state index in [4.69, 9.17) is 4.98 Å². The van der Waals surface area contributed by atoms with Crippen LogP contribution in [0.2, 0.25) is 0 Å². The van der Waals surface area contributed by atoms with Crippen molar-refractivity contribution in [2.45, 2.75) is 45.4 Å². The van der Waals surface area contributed by atoms with Gasteiger partial charge in [0.1, 0.15) is 0 Å². The summed E-state index contributed by atoms with van der Waals surface area (Å²) in [4.78, 5) is 4.73. The predicted octanol–water partition coefficient (Wildman–Crippen LogP) is 6.40. The van der Waals surface area contributed by atoms with Crippen molar-refractivity contribution in [3.8, 4) is 22.4 Å². The van der Waals surface area contributed by atoms with Crippen LogP contribution in [-0.4, -0.2) is 4.98 Å². The lowest BCUT2D eigenvalue weighted by molar-refractivity contribution is 0.491. The molecule has 25 heavy (non-hydrogen) atoms. The van der Waals surface area contributed by atoms with E-state index >= 15 is 0 Å². The minimum atomic E-state index is 0.0897. The lowest BCUT2D eigenvalue weighted by Gasteiger charge is -2.31. The molecule has 0 saturated carbocycles. The van der Waals surface area contributed by atoms with Gasteiger partial charge < -0.3 is 0 Å². The maximum atomic E-state index is 4.73. The van der Waals surface area contributed by atoms with Crippen molar-refractivity contribution in [2.24, 2.45) is 0 Å². The Morgan fingerprint density at radius 1 is 0.800 bits per heavy atom. The second-order valence-corrected chi connectivity index (χ2v) is 6.97. The molecule has 1 aromatic heterocycles. The fourth-order valence-electron chi connectivity index (χ4n) is 4.60. The van der Waals surface area contributed by atoms with Crippen LogP contribution in [0.25, 0.3) is 22.4 Å². The number of rotatable bonds is 4. The summed E-state index contributed by atoms with van der Waals surface area (Å²) in [7, 11) is 0. The van der Waals surface area contributed by atoms with Gasteiger partial charge in [-0.1, -0.05) is 63.2 Å². The third-order valence-electron chi connectivity index (χ3n) is 5.99. The first kappa shape index (κ1) is 16.1. The van der Waals surface area contributed by atoms with Crippen molar-refractivity contribution in [1.29, 1.82) is 0 Å². The van der Waals surface area contributed by atoms with Crippen LogP contribution in [0, 0.1) is 0 Å². The van der Waals surface area contributed by atoms with Gasteiger partial charge in [-0.05, 0) is 59.2 Å². The Morgan fingerprint density at radius 2 is 1.52 bits per heavy atom. The summed E-state index contributed by atoms with van der Waals surface area (Å²) in [6.45, 7) is 6.84. The summed E-state index contributed by atoms with van der Waals surface area (Å²) in [5.41, 5.74) is 9.58. The number of fused-ring (bicyclic) bond motifs is 3. The molecule has 0 radical (unpaired) electrons. The molecule has 1 aliphatic carbocycles. The zero-order valence-corrected chi connectivity index (χ0v) is 15.3. The summed E-state index contributed by atoms with van der Waals surface area (Å²) in [6, 6.07) is 20.0. The second kappa shape index (κ2) is 6.15. The van der Waals surface area contributed by atoms with E-state index < -0.39 is 0 Å². The van der Waals surface area contributed by atoms with Crippen LogP contribution in [0.4, 0.5) is 0 Å². The van der Waals surface area contributed by atoms with E-state index in [9.17, 15) is 0 Å². The van der Waals surface area contributed by atoms with E-state index in [0.717, 1.165) is 25.0 Å². The molecule has 126 valence electrons. The largest absolute Gasteiger partial charge is 0.256 e. The Hall–Kier alpha value is -2.41. The molecule has 0 atom stereocenters. The molecule has 1 aliphatic rings. The van der Waals surface area contributed by atoms with Crippen LogP contribution in [0.1, 0.15) is 50.3 Å². The van der Waals surface area contributed by atoms with E-state index in [2.05, 4.69) is 75.4 Å². The molecule has 0 saturated heterocycles. The molecule has 1 nitrogen and oxygen atoms in total. The Labute approximate surface area is 150 Å². The van der Waals surface area contributed by atoms with Gasteiger partial charge in [-0.25, -0.2) is 0 Å². The van der Waals surface area contributed by atoms with E-state index in [1.54, 1.807) is 0 Å². The minimum Gasteiger partial charge on any atom is -0.256 e. The average Bonchev–Trinajstić information content (AvgIpc) is 2.98. The molecule has 4 rings (SSSR count). The third-order valence-corrected chi connectivity index (χ3v) is 5.99. The van der Waals surface area contributed by atoms with E-state index in [0.29, 0.717) is 0 Å². The molecule has 3 aromatic rings. The van der Waals surface area contributed by atoms with Gasteiger partial charge in [0.2, 0.25) is 0 Å². The van der Waals surface area contributed by atoms with Crippen LogP contribution < -0.4 is 0 Å². The fourth-order valence-corrected chi connectivity index (χ4v) is 4.60. The summed E-state index contributed by atoms with van der Waals surface area (Å²) in [5, 5.41) is 0. The second-order valence-electron chi connectivity index (χ2n) is 6.97. The maximum Gasteiger partial charge on any atom is 0.0708 e. The van der Waals surface area contributed by atoms with Crippen molar-refractivity contribution in [3.63, 3.8) is 0 Å². The fraction of sp³-hybridized carbons (Fsp3) is 0.292. The first-order valence-corrected chi connectivity index (χ1v) is 9.43. The molecule has 0 spiro atoms. The van der Waals surface area contributed by atoms with Gasteiger partial charge in [0, 0.05) is 17.2 Å². The lowest BCUT2D eigenvalue weighted by atomic mass is 9.72. The van der Waals surface area contributed by atoms with Gasteiger partial charge in [-0.2, -0.15) is 0 Å². The zero-order valence-electron chi connectivity index (χ0n) is 15.3. The first-order valence-electron chi connectivity index (χ1n) is 9.43. The van der Waals surface area contributed by atoms with Crippen molar-refractivity contribution >= 4 is 0 Å². The number of pyridine rings is 1. The van der Waals surface area contributed by atoms with Crippen molar-refractivity contribution < 1.29 is 0 Å². The molecule has 1 heteroatoms. The average molecular weight is 327 g/mol. The molecular weight excluding hydrogens is 302 g/mol. The van der Waals surface area contributed by atoms with Crippen molar-refractivity contribution in [2.75, 3.05) is 0 Å². The topological polar surface area (TPSA) is 12.9 Å². The predicted molar refractivity (Wildman–Crippen MR) is 106 cm³/mol. The van der Waals surface area contributed by atoms with Gasteiger partial charge >= 0.3 is 0 Å². The Balaban J connectivity index is 2.04. The normalized spacial score (nSPS) is 14.2. The van der Waals surface area contributed by atoms with E-state index in [-0.39, 0.29) is 5.41 Å². The number of aromatic nitrogens is 1. The van der Waals surface area contributed by atoms with Gasteiger partial charge in [0.15, 0.2) is 0 Å². The van der Waals surface area contributed by atoms with Gasteiger partial charge in [0.05, 0.1) is 5.69 Å². The van der Waals surface area contributed by atoms with Gasteiger partial charge in [-0.15, -0.1) is 0 Å². The summed E-state index contributed by atoms with van der Waals surface area (Å²) in [6.07, 6.45) is 5.21. The smallest absolute Gasteiger partial charge is 0.0708 e. The van der Waals surface area contributed by atoms with Gasteiger partial charge in [0.25, 0.3) is 0 Å². The highest BCUT2D eigenvalue weighted by Crippen LogP contribution is 2.55. The quantitative estimate of drug-likeness (QED) is 0.540. The Morgan fingerprint density at radius 3 is 2.28 bits per heavy atom. The van der Waals surface area contributed by atoms with Crippen molar-refractivity contribution in [1.82, 2.24) is 4.98 Å². The van der Waals surface area contributed by atoms with Crippen LogP contribution in [-0.2, 0) is 11.8 Å². The molecule has 0 N–H and O–H groups in total. The number of benzene rings is 2. The van der Waals surface area contributed by atoms with Crippen LogP contribution in [0.5, 0.6) is 0 Å².